The molecule has 0 N–H and O–H groups in total. The molecule has 1 aliphatic heterocycles. The van der Waals surface area contributed by atoms with Gasteiger partial charge in [-0.2, -0.15) is 0 Å². The molecule has 0 amide bonds. The summed E-state index contributed by atoms with van der Waals surface area (Å²) < 4.78 is 0. The van der Waals surface area contributed by atoms with E-state index < -0.39 is 0 Å². The Morgan fingerprint density at radius 1 is 0.514 bits per heavy atom. The topological polar surface area (TPSA) is 6.48 Å². The van der Waals surface area contributed by atoms with Crippen molar-refractivity contribution in [2.75, 3.05) is 9.80 Å². The van der Waals surface area contributed by atoms with Gasteiger partial charge in [-0.25, -0.2) is 0 Å². The summed E-state index contributed by atoms with van der Waals surface area (Å²) in [6.45, 7) is 20.6. The predicted octanol–water partition coefficient (Wildman–Crippen LogP) is 10.3. The van der Waals surface area contributed by atoms with E-state index in [0.29, 0.717) is 23.7 Å². The van der Waals surface area contributed by atoms with Crippen LogP contribution in [0.15, 0.2) is 78.9 Å². The minimum atomic E-state index is 0.422. The lowest BCUT2D eigenvalue weighted by atomic mass is 9.91. The van der Waals surface area contributed by atoms with E-state index in [1.54, 1.807) is 0 Å². The van der Waals surface area contributed by atoms with E-state index in [1.165, 1.54) is 50.6 Å². The van der Waals surface area contributed by atoms with E-state index in [-0.39, 0.29) is 0 Å². The molecule has 0 saturated carbocycles. The third-order valence-electron chi connectivity index (χ3n) is 7.40. The first-order valence-electron chi connectivity index (χ1n) is 13.9. The van der Waals surface area contributed by atoms with Crippen LogP contribution in [0.25, 0.3) is 6.08 Å². The standard InChI is InChI=1S/C35H44N2/c1-23(2)29-12-10-13-30(24(3)4)34(29)36-20-21-37(33(36)22-28-18-16-27(9)17-19-28)35-31(25(5)6)14-11-15-32(35)26(7)8/h10-26H,1-9H3. The number of anilines is 2. The lowest BCUT2D eigenvalue weighted by Gasteiger charge is -2.33. The van der Waals surface area contributed by atoms with Gasteiger partial charge in [0.2, 0.25) is 0 Å². The summed E-state index contributed by atoms with van der Waals surface area (Å²) in [6, 6.07) is 22.5. The normalized spacial score (nSPS) is 13.7. The zero-order valence-corrected chi connectivity index (χ0v) is 24.2. The lowest BCUT2D eigenvalue weighted by molar-refractivity contribution is 0.821. The van der Waals surface area contributed by atoms with Gasteiger partial charge >= 0.3 is 0 Å². The first-order chi connectivity index (χ1) is 17.6. The quantitative estimate of drug-likeness (QED) is 0.324. The van der Waals surface area contributed by atoms with Crippen molar-refractivity contribution in [2.24, 2.45) is 0 Å². The van der Waals surface area contributed by atoms with E-state index in [9.17, 15) is 0 Å². The van der Waals surface area contributed by atoms with Crippen molar-refractivity contribution in [3.63, 3.8) is 0 Å². The average Bonchev–Trinajstić information content (AvgIpc) is 3.26. The van der Waals surface area contributed by atoms with E-state index in [1.807, 2.05) is 0 Å². The Balaban J connectivity index is 2.00. The van der Waals surface area contributed by atoms with E-state index in [2.05, 4.69) is 151 Å². The van der Waals surface area contributed by atoms with Gasteiger partial charge < -0.3 is 9.80 Å². The SMILES string of the molecule is Cc1ccc(C=C2N(c3c(C(C)C)cccc3C(C)C)C=CN2c2c(C(C)C)cccc2C(C)C)cc1. The van der Waals surface area contributed by atoms with Gasteiger partial charge in [-0.15, -0.1) is 0 Å². The summed E-state index contributed by atoms with van der Waals surface area (Å²) in [6.07, 6.45) is 6.89. The van der Waals surface area contributed by atoms with Crippen molar-refractivity contribution in [2.45, 2.75) is 86.0 Å². The van der Waals surface area contributed by atoms with Crippen LogP contribution in [0.5, 0.6) is 0 Å². The van der Waals surface area contributed by atoms with Crippen molar-refractivity contribution in [1.29, 1.82) is 0 Å². The Hall–Kier alpha value is -3.26. The molecule has 3 aromatic rings. The molecule has 0 atom stereocenters. The van der Waals surface area contributed by atoms with Crippen LogP contribution >= 0.6 is 0 Å². The van der Waals surface area contributed by atoms with Crippen LogP contribution in [0.4, 0.5) is 11.4 Å². The van der Waals surface area contributed by atoms with E-state index >= 15 is 0 Å². The summed E-state index contributed by atoms with van der Waals surface area (Å²) in [4.78, 5) is 4.87. The van der Waals surface area contributed by atoms with Crippen LogP contribution in [0.2, 0.25) is 0 Å². The summed E-state index contributed by atoms with van der Waals surface area (Å²) in [5.41, 5.74) is 10.7. The maximum Gasteiger partial charge on any atom is 0.122 e. The second-order valence-electron chi connectivity index (χ2n) is 11.6. The highest BCUT2D eigenvalue weighted by Gasteiger charge is 2.30. The van der Waals surface area contributed by atoms with Gasteiger partial charge in [-0.1, -0.05) is 122 Å². The predicted molar refractivity (Wildman–Crippen MR) is 162 cm³/mol. The van der Waals surface area contributed by atoms with Gasteiger partial charge in [-0.05, 0) is 64.5 Å². The number of hydrogen-bond donors (Lipinski definition) is 0. The van der Waals surface area contributed by atoms with Crippen LogP contribution in [0.3, 0.4) is 0 Å². The molecule has 0 aromatic heterocycles. The van der Waals surface area contributed by atoms with Crippen molar-refractivity contribution < 1.29 is 0 Å². The molecule has 3 aromatic carbocycles. The zero-order valence-electron chi connectivity index (χ0n) is 24.2. The molecule has 0 saturated heterocycles. The van der Waals surface area contributed by atoms with Crippen molar-refractivity contribution in [3.8, 4) is 0 Å². The molecule has 1 aliphatic rings. The van der Waals surface area contributed by atoms with Gasteiger partial charge in [0.1, 0.15) is 5.82 Å². The first-order valence-corrected chi connectivity index (χ1v) is 13.9. The molecule has 0 unspecified atom stereocenters. The lowest BCUT2D eigenvalue weighted by Crippen LogP contribution is -2.26. The van der Waals surface area contributed by atoms with Crippen molar-refractivity contribution in [1.82, 2.24) is 0 Å². The highest BCUT2D eigenvalue weighted by Crippen LogP contribution is 2.44. The maximum atomic E-state index is 2.44. The van der Waals surface area contributed by atoms with Crippen LogP contribution in [-0.4, -0.2) is 0 Å². The Morgan fingerprint density at radius 3 is 1.19 bits per heavy atom. The smallest absolute Gasteiger partial charge is 0.122 e. The summed E-state index contributed by atoms with van der Waals surface area (Å²) >= 11 is 0. The molecule has 37 heavy (non-hydrogen) atoms. The highest BCUT2D eigenvalue weighted by atomic mass is 15.4. The first kappa shape index (κ1) is 26.8. The number of nitrogens with zero attached hydrogens (tertiary/aromatic N) is 2. The summed E-state index contributed by atoms with van der Waals surface area (Å²) in [5, 5.41) is 0. The van der Waals surface area contributed by atoms with Gasteiger partial charge in [0.25, 0.3) is 0 Å². The Labute approximate surface area is 225 Å². The Morgan fingerprint density at radius 2 is 0.865 bits per heavy atom. The summed E-state index contributed by atoms with van der Waals surface area (Å²) in [7, 11) is 0. The van der Waals surface area contributed by atoms with Crippen LogP contribution in [0.1, 0.15) is 112 Å². The van der Waals surface area contributed by atoms with Crippen LogP contribution in [0, 0.1) is 6.92 Å². The number of aryl methyl sites for hydroxylation is 1. The molecule has 4 rings (SSSR count). The van der Waals surface area contributed by atoms with Gasteiger partial charge in [0.15, 0.2) is 0 Å². The van der Waals surface area contributed by atoms with Crippen LogP contribution in [-0.2, 0) is 0 Å². The number of benzene rings is 3. The second-order valence-corrected chi connectivity index (χ2v) is 11.6. The highest BCUT2D eigenvalue weighted by molar-refractivity contribution is 5.81. The number of para-hydroxylation sites is 2. The largest absolute Gasteiger partial charge is 0.301 e. The fourth-order valence-corrected chi connectivity index (χ4v) is 5.31. The Kier molecular flexibility index (Phi) is 7.97. The maximum absolute atomic E-state index is 2.44. The van der Waals surface area contributed by atoms with Gasteiger partial charge in [0.05, 0.1) is 11.4 Å². The monoisotopic (exact) mass is 492 g/mol. The molecular formula is C35H44N2. The molecule has 0 bridgehead atoms. The minimum Gasteiger partial charge on any atom is -0.301 e. The third-order valence-corrected chi connectivity index (χ3v) is 7.40. The fourth-order valence-electron chi connectivity index (χ4n) is 5.31. The number of rotatable bonds is 7. The molecule has 194 valence electrons. The average molecular weight is 493 g/mol. The fraction of sp³-hybridized carbons (Fsp3) is 0.371. The summed E-state index contributed by atoms with van der Waals surface area (Å²) in [5.74, 6) is 2.86. The van der Waals surface area contributed by atoms with Gasteiger partial charge in [0, 0.05) is 12.4 Å². The molecular weight excluding hydrogens is 448 g/mol. The molecule has 2 nitrogen and oxygen atoms in total. The number of hydrogen-bond acceptors (Lipinski definition) is 2. The van der Waals surface area contributed by atoms with E-state index in [4.69, 9.17) is 0 Å². The molecule has 0 aliphatic carbocycles. The van der Waals surface area contributed by atoms with Crippen molar-refractivity contribution >= 4 is 17.5 Å². The van der Waals surface area contributed by atoms with Crippen molar-refractivity contribution in [3.05, 3.63) is 112 Å². The minimum absolute atomic E-state index is 0.422. The van der Waals surface area contributed by atoms with E-state index in [0.717, 1.165) is 0 Å². The molecule has 2 heteroatoms. The van der Waals surface area contributed by atoms with Crippen LogP contribution < -0.4 is 9.80 Å². The van der Waals surface area contributed by atoms with Gasteiger partial charge in [-0.3, -0.25) is 0 Å². The molecule has 0 fully saturated rings. The molecule has 1 heterocycles. The third kappa shape index (κ3) is 5.39. The zero-order chi connectivity index (χ0) is 26.9. The molecule has 0 radical (unpaired) electrons. The second kappa shape index (κ2) is 11.0. The Bertz CT molecular complexity index is 1160. The molecule has 0 spiro atoms.